The van der Waals surface area contributed by atoms with Crippen LogP contribution in [0.1, 0.15) is 47.0 Å². The van der Waals surface area contributed by atoms with Gasteiger partial charge in [-0.3, -0.25) is 9.63 Å². The molecule has 90 valence electrons. The van der Waals surface area contributed by atoms with E-state index in [1.54, 1.807) is 0 Å². The summed E-state index contributed by atoms with van der Waals surface area (Å²) in [7, 11) is 0. The van der Waals surface area contributed by atoms with Gasteiger partial charge in [-0.2, -0.15) is 0 Å². The average Bonchev–Trinajstić information content (AvgIpc) is 2.08. The monoisotopic (exact) mass is 216 g/mol. The zero-order valence-corrected chi connectivity index (χ0v) is 10.3. The highest BCUT2D eigenvalue weighted by Gasteiger charge is 2.10. The molecule has 0 amide bonds. The lowest BCUT2D eigenvalue weighted by Crippen LogP contribution is -2.30. The van der Waals surface area contributed by atoms with Crippen LogP contribution >= 0.6 is 0 Å². The molecule has 0 aromatic rings. The predicted molar refractivity (Wildman–Crippen MR) is 61.3 cm³/mol. The molecule has 4 nitrogen and oxygen atoms in total. The maximum atomic E-state index is 10.8. The van der Waals surface area contributed by atoms with Gasteiger partial charge in [0, 0.05) is 6.54 Å². The van der Waals surface area contributed by atoms with E-state index >= 15 is 0 Å². The van der Waals surface area contributed by atoms with Gasteiger partial charge in [-0.05, 0) is 40.5 Å². The van der Waals surface area contributed by atoms with Gasteiger partial charge in [0.2, 0.25) is 0 Å². The molecule has 0 radical (unpaired) electrons. The second-order valence-corrected chi connectivity index (χ2v) is 4.82. The smallest absolute Gasteiger partial charge is 0.146 e. The first-order valence-corrected chi connectivity index (χ1v) is 5.50. The summed E-state index contributed by atoms with van der Waals surface area (Å²) in [6, 6.07) is -0.298. The Morgan fingerprint density at radius 2 is 2.00 bits per heavy atom. The second kappa shape index (κ2) is 6.93. The molecule has 0 aromatic carbocycles. The Morgan fingerprint density at radius 3 is 2.47 bits per heavy atom. The van der Waals surface area contributed by atoms with Crippen LogP contribution < -0.4 is 11.2 Å². The molecular weight excluding hydrogens is 192 g/mol. The predicted octanol–water partition coefficient (Wildman–Crippen LogP) is 1.39. The Labute approximate surface area is 92.5 Å². The van der Waals surface area contributed by atoms with Crippen molar-refractivity contribution in [1.82, 2.24) is 5.48 Å². The van der Waals surface area contributed by atoms with Crippen LogP contribution in [0.3, 0.4) is 0 Å². The lowest BCUT2D eigenvalue weighted by atomic mass is 10.1. The van der Waals surface area contributed by atoms with Crippen LogP contribution in [0.5, 0.6) is 0 Å². The Hall–Kier alpha value is -0.450. The molecule has 1 atom stereocenters. The third-order valence-corrected chi connectivity index (χ3v) is 1.94. The quantitative estimate of drug-likeness (QED) is 0.498. The van der Waals surface area contributed by atoms with Crippen LogP contribution in [0.25, 0.3) is 0 Å². The summed E-state index contributed by atoms with van der Waals surface area (Å²) in [6.45, 7) is 8.30. The number of ketones is 1. The van der Waals surface area contributed by atoms with Crippen molar-refractivity contribution >= 4 is 5.78 Å². The van der Waals surface area contributed by atoms with Crippen molar-refractivity contribution < 1.29 is 9.63 Å². The number of carbonyl (C=O) groups excluding carboxylic acids is 1. The number of rotatable bonds is 7. The number of hydrogen-bond acceptors (Lipinski definition) is 4. The van der Waals surface area contributed by atoms with Crippen molar-refractivity contribution in [3.8, 4) is 0 Å². The molecule has 1 unspecified atom stereocenters. The summed E-state index contributed by atoms with van der Waals surface area (Å²) in [4.78, 5) is 16.2. The number of Topliss-reactive ketones (excluding diaryl/α,β-unsaturated/α-hetero) is 1. The van der Waals surface area contributed by atoms with Gasteiger partial charge in [0.05, 0.1) is 11.6 Å². The minimum absolute atomic E-state index is 0.0638. The first-order chi connectivity index (χ1) is 6.83. The molecule has 0 fully saturated rings. The molecule has 0 bridgehead atoms. The molecule has 0 heterocycles. The van der Waals surface area contributed by atoms with Crippen molar-refractivity contribution in [2.24, 2.45) is 5.73 Å². The molecule has 0 spiro atoms. The molecule has 0 aliphatic heterocycles. The van der Waals surface area contributed by atoms with Crippen molar-refractivity contribution in [3.63, 3.8) is 0 Å². The maximum absolute atomic E-state index is 10.8. The molecule has 0 saturated carbocycles. The van der Waals surface area contributed by atoms with E-state index in [-0.39, 0.29) is 17.4 Å². The zero-order chi connectivity index (χ0) is 11.9. The fourth-order valence-electron chi connectivity index (χ4n) is 1.03. The van der Waals surface area contributed by atoms with Gasteiger partial charge in [0.25, 0.3) is 0 Å². The molecule has 3 N–H and O–H groups in total. The van der Waals surface area contributed by atoms with E-state index in [0.717, 1.165) is 25.8 Å². The molecule has 0 aliphatic carbocycles. The molecule has 4 heteroatoms. The third kappa shape index (κ3) is 9.85. The van der Waals surface area contributed by atoms with Crippen molar-refractivity contribution in [1.29, 1.82) is 0 Å². The minimum Gasteiger partial charge on any atom is -0.322 e. The summed E-state index contributed by atoms with van der Waals surface area (Å²) in [6.07, 6.45) is 2.67. The normalized spacial score (nSPS) is 13.9. The van der Waals surface area contributed by atoms with Crippen LogP contribution in [0.15, 0.2) is 0 Å². The standard InChI is InChI=1S/C11H24N2O2/c1-9(14)10(12)7-5-6-8-13-15-11(2,3)4/h10,13H,5-8,12H2,1-4H3. The average molecular weight is 216 g/mol. The SMILES string of the molecule is CC(=O)C(N)CCCCNOC(C)(C)C. The third-order valence-electron chi connectivity index (χ3n) is 1.94. The summed E-state index contributed by atoms with van der Waals surface area (Å²) < 4.78 is 0. The molecule has 0 saturated heterocycles. The van der Waals surface area contributed by atoms with Gasteiger partial charge in [0.1, 0.15) is 5.78 Å². The van der Waals surface area contributed by atoms with Crippen molar-refractivity contribution in [2.75, 3.05) is 6.54 Å². The Balaban J connectivity index is 3.29. The van der Waals surface area contributed by atoms with E-state index < -0.39 is 0 Å². The Bertz CT molecular complexity index is 188. The van der Waals surface area contributed by atoms with E-state index in [1.807, 2.05) is 20.8 Å². The van der Waals surface area contributed by atoms with E-state index in [9.17, 15) is 4.79 Å². The van der Waals surface area contributed by atoms with Gasteiger partial charge >= 0.3 is 0 Å². The molecular formula is C11H24N2O2. The number of nitrogens with two attached hydrogens (primary N) is 1. The number of hydrogen-bond donors (Lipinski definition) is 2. The molecule has 0 aliphatic rings. The first kappa shape index (κ1) is 14.6. The van der Waals surface area contributed by atoms with Gasteiger partial charge in [-0.25, -0.2) is 5.48 Å². The van der Waals surface area contributed by atoms with Gasteiger partial charge in [-0.15, -0.1) is 0 Å². The van der Waals surface area contributed by atoms with Gasteiger partial charge in [0.15, 0.2) is 0 Å². The number of unbranched alkanes of at least 4 members (excludes halogenated alkanes) is 1. The lowest BCUT2D eigenvalue weighted by molar-refractivity contribution is -0.118. The second-order valence-electron chi connectivity index (χ2n) is 4.82. The highest BCUT2D eigenvalue weighted by atomic mass is 16.7. The Morgan fingerprint density at radius 1 is 1.40 bits per heavy atom. The first-order valence-electron chi connectivity index (χ1n) is 5.50. The van der Waals surface area contributed by atoms with Crippen LogP contribution in [0, 0.1) is 0 Å². The van der Waals surface area contributed by atoms with Crippen LogP contribution in [-0.4, -0.2) is 24.0 Å². The highest BCUT2D eigenvalue weighted by Crippen LogP contribution is 2.04. The van der Waals surface area contributed by atoms with E-state index in [0.29, 0.717) is 0 Å². The van der Waals surface area contributed by atoms with Crippen LogP contribution in [-0.2, 0) is 9.63 Å². The van der Waals surface area contributed by atoms with E-state index in [2.05, 4.69) is 5.48 Å². The topological polar surface area (TPSA) is 64.4 Å². The molecule has 15 heavy (non-hydrogen) atoms. The summed E-state index contributed by atoms with van der Waals surface area (Å²) in [5, 5.41) is 0. The lowest BCUT2D eigenvalue weighted by Gasteiger charge is -2.19. The number of nitrogens with one attached hydrogen (secondary N) is 1. The van der Waals surface area contributed by atoms with Gasteiger partial charge < -0.3 is 5.73 Å². The van der Waals surface area contributed by atoms with E-state index in [1.165, 1.54) is 6.92 Å². The van der Waals surface area contributed by atoms with Crippen molar-refractivity contribution in [2.45, 2.75) is 58.6 Å². The Kier molecular flexibility index (Phi) is 6.72. The van der Waals surface area contributed by atoms with E-state index in [4.69, 9.17) is 10.6 Å². The molecule has 0 aromatic heterocycles. The largest absolute Gasteiger partial charge is 0.322 e. The van der Waals surface area contributed by atoms with Crippen molar-refractivity contribution in [3.05, 3.63) is 0 Å². The fraction of sp³-hybridized carbons (Fsp3) is 0.909. The minimum atomic E-state index is -0.298. The summed E-state index contributed by atoms with van der Waals surface area (Å²) in [5.41, 5.74) is 8.34. The summed E-state index contributed by atoms with van der Waals surface area (Å²) in [5.74, 6) is 0.0638. The summed E-state index contributed by atoms with van der Waals surface area (Å²) >= 11 is 0. The number of hydroxylamine groups is 1. The number of carbonyl (C=O) groups is 1. The zero-order valence-electron chi connectivity index (χ0n) is 10.3. The van der Waals surface area contributed by atoms with Crippen LogP contribution in [0.2, 0.25) is 0 Å². The maximum Gasteiger partial charge on any atom is 0.146 e. The van der Waals surface area contributed by atoms with Gasteiger partial charge in [-0.1, -0.05) is 6.42 Å². The molecule has 0 rings (SSSR count). The fourth-order valence-corrected chi connectivity index (χ4v) is 1.03. The highest BCUT2D eigenvalue weighted by molar-refractivity contribution is 5.80. The van der Waals surface area contributed by atoms with Crippen LogP contribution in [0.4, 0.5) is 0 Å².